The number of nitrogens with one attached hydrogen (secondary N) is 2. The van der Waals surface area contributed by atoms with Crippen molar-refractivity contribution in [2.24, 2.45) is 0 Å². The van der Waals surface area contributed by atoms with E-state index in [-0.39, 0.29) is 5.57 Å². The molecule has 0 fully saturated rings. The Balaban J connectivity index is 1.67. The molecule has 33 heavy (non-hydrogen) atoms. The van der Waals surface area contributed by atoms with Crippen molar-refractivity contribution in [3.63, 3.8) is 0 Å². The lowest BCUT2D eigenvalue weighted by atomic mass is 10.1. The predicted octanol–water partition coefficient (Wildman–Crippen LogP) is 5.15. The molecule has 0 spiro atoms. The molecule has 6 heteroatoms. The van der Waals surface area contributed by atoms with E-state index in [9.17, 15) is 9.59 Å². The first kappa shape index (κ1) is 21.8. The van der Waals surface area contributed by atoms with Gasteiger partial charge in [-0.3, -0.25) is 9.59 Å². The summed E-state index contributed by atoms with van der Waals surface area (Å²) in [5, 5.41) is 10.1. The highest BCUT2D eigenvalue weighted by Gasteiger charge is 2.20. The summed E-state index contributed by atoms with van der Waals surface area (Å²) >= 11 is 0. The van der Waals surface area contributed by atoms with Crippen molar-refractivity contribution < 1.29 is 9.59 Å². The van der Waals surface area contributed by atoms with Crippen LogP contribution in [-0.4, -0.2) is 21.6 Å². The minimum absolute atomic E-state index is 0.0193. The second kappa shape index (κ2) is 9.78. The van der Waals surface area contributed by atoms with Crippen molar-refractivity contribution in [1.29, 1.82) is 0 Å². The summed E-state index contributed by atoms with van der Waals surface area (Å²) < 4.78 is 1.70. The van der Waals surface area contributed by atoms with Gasteiger partial charge in [-0.2, -0.15) is 5.10 Å². The van der Waals surface area contributed by atoms with Crippen LogP contribution in [0.5, 0.6) is 0 Å². The summed E-state index contributed by atoms with van der Waals surface area (Å²) in [6.07, 6.45) is 4.94. The van der Waals surface area contributed by atoms with Gasteiger partial charge in [-0.15, -0.1) is 0 Å². The Morgan fingerprint density at radius 3 is 1.82 bits per heavy atom. The second-order valence-electron chi connectivity index (χ2n) is 7.65. The van der Waals surface area contributed by atoms with Gasteiger partial charge in [0.15, 0.2) is 0 Å². The molecule has 4 aromatic rings. The van der Waals surface area contributed by atoms with Crippen molar-refractivity contribution in [1.82, 2.24) is 9.78 Å². The molecule has 0 unspecified atom stereocenters. The number of anilines is 2. The summed E-state index contributed by atoms with van der Waals surface area (Å²) in [5.41, 5.74) is 4.60. The molecule has 2 amide bonds. The summed E-state index contributed by atoms with van der Waals surface area (Å²) in [5.74, 6) is -0.995. The van der Waals surface area contributed by atoms with E-state index in [4.69, 9.17) is 0 Å². The first-order valence-corrected chi connectivity index (χ1v) is 10.6. The third-order valence-corrected chi connectivity index (χ3v) is 5.21. The Morgan fingerprint density at radius 1 is 0.758 bits per heavy atom. The second-order valence-corrected chi connectivity index (χ2v) is 7.65. The zero-order chi connectivity index (χ0) is 23.2. The fraction of sp³-hybridized carbons (Fsp3) is 0.0741. The molecule has 1 heterocycles. The molecule has 164 valence electrons. The molecule has 0 saturated carbocycles. The van der Waals surface area contributed by atoms with Crippen LogP contribution in [0.4, 0.5) is 11.4 Å². The Hall–Kier alpha value is -4.45. The van der Waals surface area contributed by atoms with Crippen molar-refractivity contribution >= 4 is 29.3 Å². The van der Waals surface area contributed by atoms with Crippen LogP contribution in [0, 0.1) is 13.8 Å². The number of carbonyl (C=O) groups excluding carboxylic acids is 2. The molecule has 0 aliphatic carbocycles. The van der Waals surface area contributed by atoms with Gasteiger partial charge in [-0.1, -0.05) is 54.6 Å². The van der Waals surface area contributed by atoms with Crippen molar-refractivity contribution in [3.05, 3.63) is 114 Å². The lowest BCUT2D eigenvalue weighted by Gasteiger charge is -2.12. The normalized spacial score (nSPS) is 10.4. The third kappa shape index (κ3) is 5.25. The van der Waals surface area contributed by atoms with E-state index in [1.807, 2.05) is 80.6 Å². The van der Waals surface area contributed by atoms with Crippen molar-refractivity contribution in [3.8, 4) is 5.69 Å². The smallest absolute Gasteiger partial charge is 0.261 e. The Kier molecular flexibility index (Phi) is 6.45. The summed E-state index contributed by atoms with van der Waals surface area (Å²) in [4.78, 5) is 26.4. The van der Waals surface area contributed by atoms with E-state index in [1.165, 1.54) is 0 Å². The van der Waals surface area contributed by atoms with E-state index < -0.39 is 11.8 Å². The van der Waals surface area contributed by atoms with Crippen LogP contribution >= 0.6 is 0 Å². The topological polar surface area (TPSA) is 76.0 Å². The molecule has 1 aromatic heterocycles. The van der Waals surface area contributed by atoms with Crippen LogP contribution in [0.25, 0.3) is 11.8 Å². The van der Waals surface area contributed by atoms with E-state index in [2.05, 4.69) is 15.7 Å². The Bertz CT molecular complexity index is 1260. The average molecular weight is 437 g/mol. The van der Waals surface area contributed by atoms with Crippen LogP contribution in [0.3, 0.4) is 0 Å². The number of aromatic nitrogens is 2. The first-order chi connectivity index (χ1) is 16.0. The van der Waals surface area contributed by atoms with Crippen LogP contribution in [0.1, 0.15) is 16.7 Å². The number of amides is 2. The van der Waals surface area contributed by atoms with E-state index in [0.29, 0.717) is 16.9 Å². The molecule has 0 radical (unpaired) electrons. The van der Waals surface area contributed by atoms with Gasteiger partial charge in [-0.25, -0.2) is 4.68 Å². The number of hydrogen-bond donors (Lipinski definition) is 2. The minimum atomic E-state index is -0.497. The highest BCUT2D eigenvalue weighted by molar-refractivity contribution is 6.29. The summed E-state index contributed by atoms with van der Waals surface area (Å²) in [6.45, 7) is 3.80. The summed E-state index contributed by atoms with van der Waals surface area (Å²) in [7, 11) is 0. The number of hydrogen-bond acceptors (Lipinski definition) is 3. The molecule has 6 nitrogen and oxygen atoms in total. The monoisotopic (exact) mass is 436 g/mol. The minimum Gasteiger partial charge on any atom is -0.322 e. The molecular formula is C27H24N4O2. The number of aryl methyl sites for hydroxylation is 2. The number of para-hydroxylation sites is 3. The predicted molar refractivity (Wildman–Crippen MR) is 131 cm³/mol. The van der Waals surface area contributed by atoms with Crippen LogP contribution in [0.15, 0.2) is 96.8 Å². The highest BCUT2D eigenvalue weighted by Crippen LogP contribution is 2.19. The third-order valence-electron chi connectivity index (χ3n) is 5.21. The van der Waals surface area contributed by atoms with Crippen molar-refractivity contribution in [2.75, 3.05) is 10.6 Å². The van der Waals surface area contributed by atoms with Gasteiger partial charge in [0.25, 0.3) is 11.8 Å². The molecule has 0 saturated heterocycles. The molecule has 0 bridgehead atoms. The molecule has 4 rings (SSSR count). The molecule has 0 aliphatic heterocycles. The van der Waals surface area contributed by atoms with Gasteiger partial charge >= 0.3 is 0 Å². The Morgan fingerprint density at radius 2 is 1.27 bits per heavy atom. The maximum atomic E-state index is 13.2. The number of rotatable bonds is 6. The van der Waals surface area contributed by atoms with Gasteiger partial charge in [0.1, 0.15) is 5.57 Å². The van der Waals surface area contributed by atoms with Gasteiger partial charge in [0.05, 0.1) is 11.9 Å². The number of benzene rings is 3. The molecular weight excluding hydrogens is 412 g/mol. The highest BCUT2D eigenvalue weighted by atomic mass is 16.2. The lowest BCUT2D eigenvalue weighted by Crippen LogP contribution is -2.25. The average Bonchev–Trinajstić information content (AvgIpc) is 3.30. The zero-order valence-electron chi connectivity index (χ0n) is 18.4. The standard InChI is InChI=1S/C27H24N4O2/c1-19-10-6-8-14-24(19)29-26(32)23(27(33)30-25-15-9-7-11-20(25)2)16-21-17-28-31(18-21)22-12-4-3-5-13-22/h3-18H,1-2H3,(H,29,32)(H,30,33). The van der Waals surface area contributed by atoms with Gasteiger partial charge < -0.3 is 10.6 Å². The summed E-state index contributed by atoms with van der Waals surface area (Å²) in [6, 6.07) is 24.5. The van der Waals surface area contributed by atoms with Crippen LogP contribution in [0.2, 0.25) is 0 Å². The lowest BCUT2D eigenvalue weighted by molar-refractivity contribution is -0.118. The quantitative estimate of drug-likeness (QED) is 0.249. The van der Waals surface area contributed by atoms with Gasteiger partial charge in [0.2, 0.25) is 0 Å². The SMILES string of the molecule is Cc1ccccc1NC(=O)C(=Cc1cnn(-c2ccccc2)c1)C(=O)Nc1ccccc1C. The first-order valence-electron chi connectivity index (χ1n) is 10.6. The fourth-order valence-electron chi connectivity index (χ4n) is 3.34. The largest absolute Gasteiger partial charge is 0.322 e. The van der Waals surface area contributed by atoms with Crippen LogP contribution < -0.4 is 10.6 Å². The maximum Gasteiger partial charge on any atom is 0.261 e. The number of nitrogens with zero attached hydrogens (tertiary/aromatic N) is 2. The molecule has 0 aliphatic rings. The molecule has 0 atom stereocenters. The van der Waals surface area contributed by atoms with E-state index in [1.54, 1.807) is 35.3 Å². The molecule has 3 aromatic carbocycles. The van der Waals surface area contributed by atoms with Gasteiger partial charge in [-0.05, 0) is 55.3 Å². The fourth-order valence-corrected chi connectivity index (χ4v) is 3.34. The Labute approximate surface area is 192 Å². The van der Waals surface area contributed by atoms with Crippen LogP contribution in [-0.2, 0) is 9.59 Å². The van der Waals surface area contributed by atoms with E-state index >= 15 is 0 Å². The number of carbonyl (C=O) groups is 2. The molecule has 2 N–H and O–H groups in total. The van der Waals surface area contributed by atoms with E-state index in [0.717, 1.165) is 16.8 Å². The maximum absolute atomic E-state index is 13.2. The van der Waals surface area contributed by atoms with Gasteiger partial charge in [0, 0.05) is 23.1 Å². The zero-order valence-corrected chi connectivity index (χ0v) is 18.4. The van der Waals surface area contributed by atoms with Crippen molar-refractivity contribution in [2.45, 2.75) is 13.8 Å².